The van der Waals surface area contributed by atoms with Crippen molar-refractivity contribution in [1.82, 2.24) is 4.31 Å². The molecule has 1 aliphatic heterocycles. The average Bonchev–Trinajstić information content (AvgIpc) is 2.92. The van der Waals surface area contributed by atoms with E-state index in [2.05, 4.69) is 0 Å². The molecule has 5 atom stereocenters. The van der Waals surface area contributed by atoms with Crippen LogP contribution < -0.4 is 0 Å². The lowest BCUT2D eigenvalue weighted by atomic mass is 9.99. The highest BCUT2D eigenvalue weighted by molar-refractivity contribution is 7.89. The molecule has 11 nitrogen and oxygen atoms in total. The standard InChI is InChI=1S/C26H33NO10S/c1-3-14-27(15-4-2)38(33,34)19-12-10-18(11-13-19)24(31)37-26-22(30)20(28)21(29)23(36-26)25(32)35-16-17-8-6-5-7-9-17/h5-13,20-23,26,28-30H,3-4,14-16H2,1-2H3/t20-,21-,22?,23?,26-/m0/s1. The number of aliphatic hydroxyl groups excluding tert-OH is 3. The van der Waals surface area contributed by atoms with Gasteiger partial charge in [-0.25, -0.2) is 18.0 Å². The number of rotatable bonds is 11. The van der Waals surface area contributed by atoms with Crippen molar-refractivity contribution in [1.29, 1.82) is 0 Å². The fourth-order valence-electron chi connectivity index (χ4n) is 3.89. The maximum atomic E-state index is 12.9. The van der Waals surface area contributed by atoms with Gasteiger partial charge in [-0.2, -0.15) is 4.31 Å². The minimum atomic E-state index is -3.76. The predicted molar refractivity (Wildman–Crippen MR) is 134 cm³/mol. The minimum absolute atomic E-state index is 0.00433. The van der Waals surface area contributed by atoms with Gasteiger partial charge in [0.15, 0.2) is 6.10 Å². The summed E-state index contributed by atoms with van der Waals surface area (Å²) in [6.07, 6.45) is -7.80. The lowest BCUT2D eigenvalue weighted by Gasteiger charge is -2.38. The molecule has 208 valence electrons. The lowest BCUT2D eigenvalue weighted by molar-refractivity contribution is -0.280. The van der Waals surface area contributed by atoms with Crippen LogP contribution in [-0.4, -0.2) is 83.8 Å². The van der Waals surface area contributed by atoms with Crippen molar-refractivity contribution in [2.75, 3.05) is 13.1 Å². The first-order valence-corrected chi connectivity index (χ1v) is 13.8. The third kappa shape index (κ3) is 6.95. The Morgan fingerprint density at radius 2 is 1.50 bits per heavy atom. The van der Waals surface area contributed by atoms with Crippen molar-refractivity contribution >= 4 is 22.0 Å². The van der Waals surface area contributed by atoms with Crippen LogP contribution in [0.1, 0.15) is 42.6 Å². The minimum Gasteiger partial charge on any atom is -0.459 e. The average molecular weight is 552 g/mol. The van der Waals surface area contributed by atoms with Gasteiger partial charge in [0.25, 0.3) is 0 Å². The molecular weight excluding hydrogens is 518 g/mol. The second kappa shape index (κ2) is 13.3. The lowest BCUT2D eigenvalue weighted by Crippen LogP contribution is -2.60. The Balaban J connectivity index is 1.68. The zero-order chi connectivity index (χ0) is 27.9. The van der Waals surface area contributed by atoms with Gasteiger partial charge in [0.2, 0.25) is 16.3 Å². The Morgan fingerprint density at radius 1 is 0.895 bits per heavy atom. The van der Waals surface area contributed by atoms with Crippen molar-refractivity contribution < 1.29 is 47.5 Å². The smallest absolute Gasteiger partial charge is 0.340 e. The van der Waals surface area contributed by atoms with Crippen LogP contribution in [0.4, 0.5) is 0 Å². The maximum Gasteiger partial charge on any atom is 0.340 e. The summed E-state index contributed by atoms with van der Waals surface area (Å²) in [4.78, 5) is 25.2. The Hall–Kier alpha value is -2.87. The van der Waals surface area contributed by atoms with Crippen molar-refractivity contribution in [3.8, 4) is 0 Å². The first-order chi connectivity index (χ1) is 18.1. The number of esters is 2. The van der Waals surface area contributed by atoms with Gasteiger partial charge in [0.05, 0.1) is 10.5 Å². The van der Waals surface area contributed by atoms with Gasteiger partial charge >= 0.3 is 11.9 Å². The Bertz CT molecular complexity index is 1170. The number of benzene rings is 2. The highest BCUT2D eigenvalue weighted by Crippen LogP contribution is 2.25. The van der Waals surface area contributed by atoms with E-state index in [9.17, 15) is 33.3 Å². The molecule has 1 fully saturated rings. The molecule has 0 aliphatic carbocycles. The molecule has 3 rings (SSSR count). The molecule has 2 aromatic rings. The number of aliphatic hydroxyl groups is 3. The van der Waals surface area contributed by atoms with Crippen LogP contribution in [0.25, 0.3) is 0 Å². The summed E-state index contributed by atoms with van der Waals surface area (Å²) in [7, 11) is -3.76. The van der Waals surface area contributed by atoms with Crippen LogP contribution in [0, 0.1) is 0 Å². The second-order valence-electron chi connectivity index (χ2n) is 8.82. The molecule has 0 amide bonds. The van der Waals surface area contributed by atoms with E-state index in [1.54, 1.807) is 30.3 Å². The third-order valence-corrected chi connectivity index (χ3v) is 7.84. The molecule has 38 heavy (non-hydrogen) atoms. The summed E-state index contributed by atoms with van der Waals surface area (Å²) in [6.45, 7) is 4.35. The van der Waals surface area contributed by atoms with Crippen molar-refractivity contribution in [2.24, 2.45) is 0 Å². The predicted octanol–water partition coefficient (Wildman–Crippen LogP) is 1.21. The fraction of sp³-hybridized carbons (Fsp3) is 0.462. The summed E-state index contributed by atoms with van der Waals surface area (Å²) < 4.78 is 42.8. The summed E-state index contributed by atoms with van der Waals surface area (Å²) in [5.74, 6) is -2.02. The van der Waals surface area contributed by atoms with E-state index in [1.807, 2.05) is 13.8 Å². The first kappa shape index (κ1) is 29.7. The summed E-state index contributed by atoms with van der Waals surface area (Å²) in [6, 6.07) is 13.8. The Kier molecular flexibility index (Phi) is 10.4. The van der Waals surface area contributed by atoms with Crippen LogP contribution in [0.2, 0.25) is 0 Å². The van der Waals surface area contributed by atoms with Crippen LogP contribution in [0.15, 0.2) is 59.5 Å². The van der Waals surface area contributed by atoms with Crippen LogP contribution >= 0.6 is 0 Å². The van der Waals surface area contributed by atoms with E-state index >= 15 is 0 Å². The molecule has 2 aromatic carbocycles. The molecule has 1 saturated heterocycles. The number of carbonyl (C=O) groups is 2. The molecule has 0 spiro atoms. The number of carbonyl (C=O) groups excluding carboxylic acids is 2. The topological polar surface area (TPSA) is 160 Å². The van der Waals surface area contributed by atoms with E-state index < -0.39 is 52.7 Å². The fourth-order valence-corrected chi connectivity index (χ4v) is 5.51. The molecule has 1 heterocycles. The number of ether oxygens (including phenoxy) is 3. The van der Waals surface area contributed by atoms with Gasteiger partial charge < -0.3 is 29.5 Å². The van der Waals surface area contributed by atoms with Gasteiger partial charge in [0, 0.05) is 13.1 Å². The molecule has 0 saturated carbocycles. The van der Waals surface area contributed by atoms with Crippen molar-refractivity contribution in [2.45, 2.75) is 68.9 Å². The highest BCUT2D eigenvalue weighted by Gasteiger charge is 2.49. The summed E-state index contributed by atoms with van der Waals surface area (Å²) in [5.41, 5.74) is 0.619. The SMILES string of the molecule is CCCN(CCC)S(=O)(=O)c1ccc(C(=O)O[C@@H]2OC(C(=O)OCc3ccccc3)[C@@H](O)[C@H](O)C2O)cc1. The Morgan fingerprint density at radius 3 is 2.08 bits per heavy atom. The van der Waals surface area contributed by atoms with Crippen molar-refractivity contribution in [3.05, 3.63) is 65.7 Å². The maximum absolute atomic E-state index is 12.9. The van der Waals surface area contributed by atoms with Gasteiger partial charge in [-0.05, 0) is 42.7 Å². The highest BCUT2D eigenvalue weighted by atomic mass is 32.2. The van der Waals surface area contributed by atoms with Gasteiger partial charge in [0.1, 0.15) is 24.9 Å². The summed E-state index contributed by atoms with van der Waals surface area (Å²) >= 11 is 0. The molecule has 3 N–H and O–H groups in total. The Labute approximate surface area is 221 Å². The number of hydrogen-bond donors (Lipinski definition) is 3. The van der Waals surface area contributed by atoms with Crippen LogP contribution in [-0.2, 0) is 35.6 Å². The molecular formula is C26H33NO10S. The number of sulfonamides is 1. The largest absolute Gasteiger partial charge is 0.459 e. The van der Waals surface area contributed by atoms with Gasteiger partial charge in [-0.3, -0.25) is 0 Å². The van der Waals surface area contributed by atoms with Crippen LogP contribution in [0.3, 0.4) is 0 Å². The van der Waals surface area contributed by atoms with E-state index in [0.29, 0.717) is 31.5 Å². The molecule has 0 aromatic heterocycles. The van der Waals surface area contributed by atoms with E-state index in [-0.39, 0.29) is 17.1 Å². The molecule has 0 bridgehead atoms. The van der Waals surface area contributed by atoms with Gasteiger partial charge in [-0.1, -0.05) is 44.2 Å². The number of nitrogens with zero attached hydrogens (tertiary/aromatic N) is 1. The molecule has 0 radical (unpaired) electrons. The monoisotopic (exact) mass is 551 g/mol. The normalized spacial score (nSPS) is 23.7. The van der Waals surface area contributed by atoms with E-state index in [1.165, 1.54) is 28.6 Å². The van der Waals surface area contributed by atoms with Crippen LogP contribution in [0.5, 0.6) is 0 Å². The zero-order valence-corrected chi connectivity index (χ0v) is 22.0. The zero-order valence-electron chi connectivity index (χ0n) is 21.2. The third-order valence-electron chi connectivity index (χ3n) is 5.92. The summed E-state index contributed by atoms with van der Waals surface area (Å²) in [5, 5.41) is 30.7. The van der Waals surface area contributed by atoms with Crippen molar-refractivity contribution in [3.63, 3.8) is 0 Å². The van der Waals surface area contributed by atoms with Gasteiger partial charge in [-0.15, -0.1) is 0 Å². The molecule has 12 heteroatoms. The second-order valence-corrected chi connectivity index (χ2v) is 10.8. The van der Waals surface area contributed by atoms with E-state index in [4.69, 9.17) is 14.2 Å². The molecule has 2 unspecified atom stereocenters. The molecule has 1 aliphatic rings. The number of hydrogen-bond acceptors (Lipinski definition) is 10. The first-order valence-electron chi connectivity index (χ1n) is 12.3. The van der Waals surface area contributed by atoms with E-state index in [0.717, 1.165) is 0 Å². The quantitative estimate of drug-likeness (QED) is 0.346.